The summed E-state index contributed by atoms with van der Waals surface area (Å²) < 4.78 is 33.2. The van der Waals surface area contributed by atoms with Gasteiger partial charge >= 0.3 is 5.97 Å². The molecule has 0 aromatic carbocycles. The summed E-state index contributed by atoms with van der Waals surface area (Å²) in [5.41, 5.74) is -0.949. The van der Waals surface area contributed by atoms with Gasteiger partial charge in [-0.15, -0.1) is 0 Å². The van der Waals surface area contributed by atoms with Crippen molar-refractivity contribution in [2.45, 2.75) is 25.6 Å². The van der Waals surface area contributed by atoms with Gasteiger partial charge in [-0.05, 0) is 13.0 Å². The van der Waals surface area contributed by atoms with Crippen molar-refractivity contribution in [2.75, 3.05) is 6.61 Å². The summed E-state index contributed by atoms with van der Waals surface area (Å²) in [5, 5.41) is -0.549. The summed E-state index contributed by atoms with van der Waals surface area (Å²) in [5.74, 6) is -1.72. The standard InChI is InChI=1S/C14H11ClF2N2O3/c1-2-22-14(21)7-5-19(10-4-8(10)16)13-6(11(7)20)3-9(17)12(15)18-13/h3,5,8,10H,2,4H2,1H3. The molecule has 5 nitrogen and oxygen atoms in total. The Balaban J connectivity index is 2.31. The van der Waals surface area contributed by atoms with E-state index in [2.05, 4.69) is 4.98 Å². The Hall–Kier alpha value is -2.02. The number of halogens is 3. The zero-order valence-electron chi connectivity index (χ0n) is 11.5. The molecule has 1 saturated carbocycles. The van der Waals surface area contributed by atoms with Crippen molar-refractivity contribution in [3.8, 4) is 0 Å². The summed E-state index contributed by atoms with van der Waals surface area (Å²) in [6.07, 6.45) is 0.330. The number of fused-ring (bicyclic) bond motifs is 1. The van der Waals surface area contributed by atoms with Crippen LogP contribution in [0, 0.1) is 5.82 Å². The third-order valence-corrected chi connectivity index (χ3v) is 3.71. The second-order valence-corrected chi connectivity index (χ2v) is 5.31. The van der Waals surface area contributed by atoms with Gasteiger partial charge in [0.2, 0.25) is 5.43 Å². The first kappa shape index (κ1) is 14.9. The molecule has 2 aromatic rings. The van der Waals surface area contributed by atoms with Crippen molar-refractivity contribution in [1.29, 1.82) is 0 Å². The number of alkyl halides is 1. The summed E-state index contributed by atoms with van der Waals surface area (Å²) >= 11 is 5.64. The summed E-state index contributed by atoms with van der Waals surface area (Å²) in [4.78, 5) is 28.0. The molecule has 3 rings (SSSR count). The van der Waals surface area contributed by atoms with Gasteiger partial charge in [-0.3, -0.25) is 4.79 Å². The molecule has 2 aromatic heterocycles. The van der Waals surface area contributed by atoms with E-state index in [1.807, 2.05) is 0 Å². The van der Waals surface area contributed by atoms with Crippen LogP contribution in [0.1, 0.15) is 29.7 Å². The fraction of sp³-hybridized carbons (Fsp3) is 0.357. The summed E-state index contributed by atoms with van der Waals surface area (Å²) in [6, 6.07) is 0.354. The van der Waals surface area contributed by atoms with Crippen molar-refractivity contribution in [2.24, 2.45) is 0 Å². The number of esters is 1. The average molecular weight is 329 g/mol. The third kappa shape index (κ3) is 2.35. The second kappa shape index (κ2) is 5.31. The second-order valence-electron chi connectivity index (χ2n) is 4.95. The lowest BCUT2D eigenvalue weighted by atomic mass is 10.2. The van der Waals surface area contributed by atoms with Crippen LogP contribution >= 0.6 is 11.6 Å². The van der Waals surface area contributed by atoms with Crippen LogP contribution in [0.2, 0.25) is 5.15 Å². The van der Waals surface area contributed by atoms with Crippen molar-refractivity contribution < 1.29 is 18.3 Å². The molecule has 0 spiro atoms. The number of hydrogen-bond donors (Lipinski definition) is 0. The van der Waals surface area contributed by atoms with Crippen molar-refractivity contribution in [3.05, 3.63) is 39.0 Å². The molecule has 0 amide bonds. The van der Waals surface area contributed by atoms with Gasteiger partial charge in [-0.25, -0.2) is 18.6 Å². The lowest BCUT2D eigenvalue weighted by Gasteiger charge is -2.12. The predicted molar refractivity (Wildman–Crippen MR) is 75.5 cm³/mol. The number of ether oxygens (including phenoxy) is 1. The minimum atomic E-state index is -1.11. The zero-order valence-corrected chi connectivity index (χ0v) is 12.2. The van der Waals surface area contributed by atoms with Gasteiger partial charge in [0.15, 0.2) is 11.0 Å². The summed E-state index contributed by atoms with van der Waals surface area (Å²) in [7, 11) is 0. The van der Waals surface area contributed by atoms with E-state index in [4.69, 9.17) is 16.3 Å². The number of nitrogens with zero attached hydrogens (tertiary/aromatic N) is 2. The van der Waals surface area contributed by atoms with E-state index in [9.17, 15) is 18.4 Å². The molecule has 0 N–H and O–H groups in total. The first-order valence-electron chi connectivity index (χ1n) is 6.66. The molecule has 8 heteroatoms. The van der Waals surface area contributed by atoms with Gasteiger partial charge in [-0.2, -0.15) is 0 Å². The molecule has 1 aliphatic rings. The quantitative estimate of drug-likeness (QED) is 0.642. The highest BCUT2D eigenvalue weighted by Gasteiger charge is 2.40. The fourth-order valence-corrected chi connectivity index (χ4v) is 2.41. The van der Waals surface area contributed by atoms with E-state index in [1.165, 1.54) is 10.8 Å². The Bertz CT molecular complexity index is 837. The molecule has 0 radical (unpaired) electrons. The van der Waals surface area contributed by atoms with Crippen LogP contribution in [0.15, 0.2) is 17.1 Å². The minimum Gasteiger partial charge on any atom is -0.462 e. The van der Waals surface area contributed by atoms with Gasteiger partial charge in [0.1, 0.15) is 17.4 Å². The SMILES string of the molecule is CCOC(=O)c1cn(C2CC2F)c2nc(Cl)c(F)cc2c1=O. The smallest absolute Gasteiger partial charge is 0.343 e. The highest BCUT2D eigenvalue weighted by Crippen LogP contribution is 2.40. The minimum absolute atomic E-state index is 0.0506. The number of carbonyl (C=O) groups is 1. The maximum absolute atomic E-state index is 13.6. The van der Waals surface area contributed by atoms with E-state index in [0.717, 1.165) is 6.07 Å². The van der Waals surface area contributed by atoms with Gasteiger partial charge in [-0.1, -0.05) is 11.6 Å². The topological polar surface area (TPSA) is 61.2 Å². The molecule has 0 saturated heterocycles. The van der Waals surface area contributed by atoms with Gasteiger partial charge in [0.25, 0.3) is 0 Å². The van der Waals surface area contributed by atoms with Gasteiger partial charge in [0, 0.05) is 12.6 Å². The third-order valence-electron chi connectivity index (χ3n) is 3.45. The first-order chi connectivity index (χ1) is 10.4. The maximum Gasteiger partial charge on any atom is 0.343 e. The van der Waals surface area contributed by atoms with Crippen molar-refractivity contribution >= 4 is 28.6 Å². The lowest BCUT2D eigenvalue weighted by Crippen LogP contribution is -2.21. The zero-order chi connectivity index (χ0) is 16.0. The Labute approximate surface area is 128 Å². The molecule has 0 aliphatic heterocycles. The number of aromatic nitrogens is 2. The maximum atomic E-state index is 13.6. The number of pyridine rings is 2. The predicted octanol–water partition coefficient (Wildman–Crippen LogP) is 2.65. The van der Waals surface area contributed by atoms with E-state index in [-0.39, 0.29) is 29.6 Å². The highest BCUT2D eigenvalue weighted by molar-refractivity contribution is 6.29. The first-order valence-corrected chi connectivity index (χ1v) is 7.04. The summed E-state index contributed by atoms with van der Waals surface area (Å²) in [6.45, 7) is 1.68. The van der Waals surface area contributed by atoms with Gasteiger partial charge in [0.05, 0.1) is 18.0 Å². The molecule has 1 aliphatic carbocycles. The molecule has 1 fully saturated rings. The average Bonchev–Trinajstić information content (AvgIpc) is 3.18. The molecule has 2 atom stereocenters. The van der Waals surface area contributed by atoms with Crippen LogP contribution < -0.4 is 5.43 Å². The molecular formula is C14H11ClF2N2O3. The largest absolute Gasteiger partial charge is 0.462 e. The van der Waals surface area contributed by atoms with E-state index in [0.29, 0.717) is 0 Å². The van der Waals surface area contributed by atoms with E-state index in [1.54, 1.807) is 6.92 Å². The highest BCUT2D eigenvalue weighted by atomic mass is 35.5. The molecule has 116 valence electrons. The van der Waals surface area contributed by atoms with Crippen molar-refractivity contribution in [1.82, 2.24) is 9.55 Å². The Morgan fingerprint density at radius 1 is 1.59 bits per heavy atom. The monoisotopic (exact) mass is 328 g/mol. The fourth-order valence-electron chi connectivity index (χ4n) is 2.27. The normalized spacial score (nSPS) is 20.2. The van der Waals surface area contributed by atoms with Crippen LogP contribution in [-0.2, 0) is 4.74 Å². The Morgan fingerprint density at radius 2 is 2.27 bits per heavy atom. The van der Waals surface area contributed by atoms with Gasteiger partial charge < -0.3 is 9.30 Å². The lowest BCUT2D eigenvalue weighted by molar-refractivity contribution is 0.0524. The number of rotatable bonds is 3. The Kier molecular flexibility index (Phi) is 3.60. The molecule has 22 heavy (non-hydrogen) atoms. The van der Waals surface area contributed by atoms with E-state index >= 15 is 0 Å². The number of hydrogen-bond acceptors (Lipinski definition) is 4. The van der Waals surface area contributed by atoms with Crippen molar-refractivity contribution in [3.63, 3.8) is 0 Å². The van der Waals surface area contributed by atoms with E-state index < -0.39 is 34.6 Å². The molecular weight excluding hydrogens is 318 g/mol. The Morgan fingerprint density at radius 3 is 2.86 bits per heavy atom. The van der Waals surface area contributed by atoms with Crippen LogP contribution in [-0.4, -0.2) is 28.3 Å². The number of carbonyl (C=O) groups excluding carboxylic acids is 1. The van der Waals surface area contributed by atoms with Crippen LogP contribution in [0.5, 0.6) is 0 Å². The van der Waals surface area contributed by atoms with Crippen LogP contribution in [0.3, 0.4) is 0 Å². The molecule has 0 bridgehead atoms. The van der Waals surface area contributed by atoms with Crippen LogP contribution in [0.4, 0.5) is 8.78 Å². The molecule has 2 unspecified atom stereocenters. The van der Waals surface area contributed by atoms with Crippen LogP contribution in [0.25, 0.3) is 11.0 Å². The molecule has 2 heterocycles.